The number of hydrogen-bond acceptors (Lipinski definition) is 1. The van der Waals surface area contributed by atoms with Crippen LogP contribution in [-0.4, -0.2) is 3.96 Å². The Morgan fingerprint density at radius 3 is 2.44 bits per heavy atom. The van der Waals surface area contributed by atoms with Gasteiger partial charge in [0.2, 0.25) is 16.1 Å². The van der Waals surface area contributed by atoms with E-state index in [1.165, 1.54) is 25.7 Å². The molecule has 0 spiro atoms. The molecule has 16 heavy (non-hydrogen) atoms. The van der Waals surface area contributed by atoms with E-state index in [-0.39, 0.29) is 10.6 Å². The molecule has 0 aromatic carbocycles. The minimum Gasteiger partial charge on any atom is -0.263 e. The lowest BCUT2D eigenvalue weighted by molar-refractivity contribution is 0.568. The van der Waals surface area contributed by atoms with Gasteiger partial charge in [-0.2, -0.15) is 0 Å². The molecule has 1 atom stereocenters. The highest BCUT2D eigenvalue weighted by Gasteiger charge is 2.17. The Hall–Kier alpha value is 0.01000. The molecule has 1 heterocycles. The van der Waals surface area contributed by atoms with Gasteiger partial charge in [-0.25, -0.2) is 0 Å². The van der Waals surface area contributed by atoms with E-state index >= 15 is 0 Å². The minimum atomic E-state index is -0.618. The summed E-state index contributed by atoms with van der Waals surface area (Å²) in [4.78, 5) is 11.5. The first-order valence-corrected chi connectivity index (χ1v) is 8.20. The summed E-state index contributed by atoms with van der Waals surface area (Å²) < 4.78 is 1.66. The van der Waals surface area contributed by atoms with Crippen molar-refractivity contribution in [2.45, 2.75) is 52.0 Å². The van der Waals surface area contributed by atoms with Gasteiger partial charge in [-0.3, -0.25) is 4.79 Å². The van der Waals surface area contributed by atoms with Gasteiger partial charge in [0, 0.05) is 0 Å². The molecule has 0 N–H and O–H groups in total. The van der Waals surface area contributed by atoms with Crippen molar-refractivity contribution in [1.82, 2.24) is 3.96 Å². The Bertz CT molecular complexity index is 373. The van der Waals surface area contributed by atoms with Gasteiger partial charge >= 0.3 is 5.56 Å². The third-order valence-electron chi connectivity index (χ3n) is 2.56. The Labute approximate surface area is 109 Å². The largest absolute Gasteiger partial charge is 0.316 e. The molecule has 0 aliphatic carbocycles. The monoisotopic (exact) mass is 282 g/mol. The fourth-order valence-electron chi connectivity index (χ4n) is 1.62. The summed E-state index contributed by atoms with van der Waals surface area (Å²) in [6, 6.07) is 0. The zero-order valence-electron chi connectivity index (χ0n) is 9.55. The molecule has 0 saturated heterocycles. The van der Waals surface area contributed by atoms with E-state index < -0.39 is 9.88 Å². The van der Waals surface area contributed by atoms with Gasteiger partial charge in [0.25, 0.3) is 0 Å². The predicted molar refractivity (Wildman–Crippen MR) is 72.8 cm³/mol. The van der Waals surface area contributed by atoms with Gasteiger partial charge in [-0.05, 0) is 6.42 Å². The molecule has 0 amide bonds. The maximum Gasteiger partial charge on any atom is 0.316 e. The van der Waals surface area contributed by atoms with Crippen LogP contribution in [0.2, 0.25) is 5.02 Å². The van der Waals surface area contributed by atoms with Crippen molar-refractivity contribution in [3.8, 4) is 0 Å². The summed E-state index contributed by atoms with van der Waals surface area (Å²) in [6.45, 7) is 2.93. The summed E-state index contributed by atoms with van der Waals surface area (Å²) in [7, 11) is 5.38. The second-order valence-corrected chi connectivity index (χ2v) is 6.46. The van der Waals surface area contributed by atoms with Gasteiger partial charge < -0.3 is 0 Å². The van der Waals surface area contributed by atoms with Crippen LogP contribution in [0.5, 0.6) is 0 Å². The molecular weight excluding hydrogens is 265 g/mol. The molecule has 1 aromatic rings. The first kappa shape index (κ1) is 14.1. The Balaban J connectivity index is 2.29. The van der Waals surface area contributed by atoms with Crippen molar-refractivity contribution in [3.63, 3.8) is 0 Å². The van der Waals surface area contributed by atoms with Crippen LogP contribution >= 0.6 is 32.2 Å². The quantitative estimate of drug-likeness (QED) is 0.529. The number of hydrogen-bond donors (Lipinski definition) is 0. The highest BCUT2D eigenvalue weighted by Crippen LogP contribution is 2.24. The fraction of sp³-hybridized carbons (Fsp3) is 0.727. The van der Waals surface area contributed by atoms with Crippen molar-refractivity contribution in [3.05, 3.63) is 20.8 Å². The van der Waals surface area contributed by atoms with Crippen LogP contribution in [0, 0.1) is 0 Å². The van der Waals surface area contributed by atoms with E-state index in [4.69, 9.17) is 22.3 Å². The lowest BCUT2D eigenvalue weighted by Gasteiger charge is -1.98. The van der Waals surface area contributed by atoms with Gasteiger partial charge in [0.05, 0.1) is 6.54 Å². The Morgan fingerprint density at radius 2 is 1.88 bits per heavy atom. The second-order valence-electron chi connectivity index (χ2n) is 3.90. The van der Waals surface area contributed by atoms with Crippen LogP contribution in [-0.2, 0) is 6.54 Å². The molecule has 0 aliphatic heterocycles. The molecule has 1 rings (SSSR count). The third-order valence-corrected chi connectivity index (χ3v) is 4.92. The summed E-state index contributed by atoms with van der Waals surface area (Å²) in [5.41, 5.74) is -0.117. The topological polar surface area (TPSA) is 22.0 Å². The second kappa shape index (κ2) is 7.36. The molecule has 0 radical (unpaired) electrons. The predicted octanol–water partition coefficient (Wildman–Crippen LogP) is 4.61. The van der Waals surface area contributed by atoms with Crippen molar-refractivity contribution in [2.24, 2.45) is 0 Å². The standard InChI is InChI=1S/C11H18Cl2NOS/c1-2-3-4-5-6-7-8-14-11(15)10(12)9-16(14)13/h9H,2-8H2,1H3/q+1. The highest BCUT2D eigenvalue weighted by atomic mass is 35.7. The lowest BCUT2D eigenvalue weighted by Crippen LogP contribution is -2.14. The molecule has 0 fully saturated rings. The highest BCUT2D eigenvalue weighted by molar-refractivity contribution is 7.57. The average Bonchev–Trinajstić information content (AvgIpc) is 2.49. The lowest BCUT2D eigenvalue weighted by atomic mass is 10.1. The maximum absolute atomic E-state index is 11.5. The number of rotatable bonds is 7. The zero-order chi connectivity index (χ0) is 12.0. The molecule has 0 bridgehead atoms. The Kier molecular flexibility index (Phi) is 6.47. The van der Waals surface area contributed by atoms with Crippen LogP contribution in [0.25, 0.3) is 0 Å². The van der Waals surface area contributed by atoms with E-state index in [1.54, 1.807) is 9.34 Å². The van der Waals surface area contributed by atoms with Gasteiger partial charge in [-0.15, -0.1) is 3.96 Å². The van der Waals surface area contributed by atoms with E-state index in [1.807, 2.05) is 0 Å². The fourth-order valence-corrected chi connectivity index (χ4v) is 3.79. The molecule has 0 aliphatic rings. The van der Waals surface area contributed by atoms with E-state index in [9.17, 15) is 4.79 Å². The van der Waals surface area contributed by atoms with Crippen LogP contribution in [0.4, 0.5) is 0 Å². The smallest absolute Gasteiger partial charge is 0.263 e. The van der Waals surface area contributed by atoms with Crippen molar-refractivity contribution in [2.75, 3.05) is 0 Å². The van der Waals surface area contributed by atoms with Crippen LogP contribution in [0.1, 0.15) is 45.4 Å². The summed E-state index contributed by atoms with van der Waals surface area (Å²) in [6.07, 6.45) is 7.27. The molecule has 1 aromatic heterocycles. The third kappa shape index (κ3) is 4.11. The van der Waals surface area contributed by atoms with Crippen LogP contribution in [0.3, 0.4) is 0 Å². The first-order chi connectivity index (χ1) is 7.66. The summed E-state index contributed by atoms with van der Waals surface area (Å²) in [5.74, 6) is 0. The van der Waals surface area contributed by atoms with Crippen LogP contribution < -0.4 is 5.56 Å². The number of halogens is 2. The van der Waals surface area contributed by atoms with Gasteiger partial charge in [-0.1, -0.05) is 50.6 Å². The zero-order valence-corrected chi connectivity index (χ0v) is 11.9. The molecule has 5 heteroatoms. The van der Waals surface area contributed by atoms with Crippen molar-refractivity contribution < 1.29 is 0 Å². The van der Waals surface area contributed by atoms with E-state index in [2.05, 4.69) is 6.92 Å². The Morgan fingerprint density at radius 1 is 1.25 bits per heavy atom. The first-order valence-electron chi connectivity index (χ1n) is 5.75. The SMILES string of the molecule is CCCCCCCCn1c(=O)c(Cl)c[s+]1Cl. The molecule has 92 valence electrons. The molecular formula is C11H18Cl2NOS+. The molecule has 0 saturated carbocycles. The van der Waals surface area contributed by atoms with E-state index in [0.717, 1.165) is 19.4 Å². The summed E-state index contributed by atoms with van der Waals surface area (Å²) >= 11 is 5.73. The maximum atomic E-state index is 11.5. The minimum absolute atomic E-state index is 0.117. The number of unbranched alkanes of at least 4 members (excludes halogenated alkanes) is 5. The van der Waals surface area contributed by atoms with Gasteiger partial charge in [0.1, 0.15) is 0 Å². The summed E-state index contributed by atoms with van der Waals surface area (Å²) in [5, 5.41) is 1.90. The molecule has 2 nitrogen and oxygen atoms in total. The normalized spacial score (nSPS) is 12.1. The molecule has 1 unspecified atom stereocenters. The number of nitrogens with zero attached hydrogens (tertiary/aromatic N) is 1. The number of aromatic nitrogens is 1. The van der Waals surface area contributed by atoms with Crippen molar-refractivity contribution >= 4 is 32.2 Å². The van der Waals surface area contributed by atoms with Crippen LogP contribution in [0.15, 0.2) is 10.2 Å². The van der Waals surface area contributed by atoms with Gasteiger partial charge in [0.15, 0.2) is 14.9 Å². The average molecular weight is 283 g/mol. The van der Waals surface area contributed by atoms with Crippen molar-refractivity contribution in [1.29, 1.82) is 0 Å². The van der Waals surface area contributed by atoms with E-state index in [0.29, 0.717) is 0 Å².